The molecule has 0 saturated carbocycles. The van der Waals surface area contributed by atoms with Crippen molar-refractivity contribution in [2.75, 3.05) is 13.2 Å². The molecule has 1 heterocycles. The molecule has 0 amide bonds. The van der Waals surface area contributed by atoms with E-state index in [4.69, 9.17) is 9.47 Å². The molecule has 1 unspecified atom stereocenters. The fourth-order valence-electron chi connectivity index (χ4n) is 3.64. The molecule has 1 N–H and O–H groups in total. The number of hydrogen-bond donors (Lipinski definition) is 1. The number of carbonyl (C=O) groups is 2. The topological polar surface area (TPSA) is 64.6 Å². The maximum atomic E-state index is 13.3. The standard InChI is InChI=1S/C19H23Br4NO4/c1-5-27-14(25)18(22)13(12-10-8-7-9-11-12)19(23,15(26)28-6-2)17(4,21)24-16(18,3)20/h7-11,13,24H,5-6H2,1-4H3/t13?,16-,17+,18-,19-/m0/s1. The molecule has 0 bridgehead atoms. The lowest BCUT2D eigenvalue weighted by Gasteiger charge is -2.60. The molecule has 9 heteroatoms. The average molecular weight is 649 g/mol. The van der Waals surface area contributed by atoms with E-state index >= 15 is 0 Å². The number of carbonyl (C=O) groups excluding carboxylic acids is 2. The van der Waals surface area contributed by atoms with Crippen LogP contribution in [0, 0.1) is 0 Å². The summed E-state index contributed by atoms with van der Waals surface area (Å²) in [5.74, 6) is -1.69. The summed E-state index contributed by atoms with van der Waals surface area (Å²) in [6, 6.07) is 9.38. The van der Waals surface area contributed by atoms with E-state index < -0.39 is 35.4 Å². The zero-order valence-corrected chi connectivity index (χ0v) is 22.4. The first kappa shape index (κ1) is 24.3. The van der Waals surface area contributed by atoms with Crippen molar-refractivity contribution in [1.29, 1.82) is 0 Å². The van der Waals surface area contributed by atoms with Gasteiger partial charge in [-0.1, -0.05) is 94.1 Å². The normalized spacial score (nSPS) is 37.9. The predicted molar refractivity (Wildman–Crippen MR) is 124 cm³/mol. The molecule has 156 valence electrons. The van der Waals surface area contributed by atoms with E-state index in [1.54, 1.807) is 13.8 Å². The van der Waals surface area contributed by atoms with Crippen molar-refractivity contribution >= 4 is 75.7 Å². The summed E-state index contributed by atoms with van der Waals surface area (Å²) in [6.45, 7) is 7.55. The van der Waals surface area contributed by atoms with Crippen molar-refractivity contribution in [1.82, 2.24) is 5.32 Å². The highest BCUT2D eigenvalue weighted by molar-refractivity contribution is 9.14. The molecule has 28 heavy (non-hydrogen) atoms. The fourth-order valence-corrected chi connectivity index (χ4v) is 7.43. The Hall–Kier alpha value is 0.0400. The number of benzene rings is 1. The number of piperidine rings is 1. The molecular formula is C19H23Br4NO4. The van der Waals surface area contributed by atoms with Crippen molar-refractivity contribution < 1.29 is 19.1 Å². The van der Waals surface area contributed by atoms with Gasteiger partial charge >= 0.3 is 11.9 Å². The molecule has 1 saturated heterocycles. The quantitative estimate of drug-likeness (QED) is 0.277. The Labute approximate surface area is 199 Å². The van der Waals surface area contributed by atoms with Crippen LogP contribution in [0.15, 0.2) is 30.3 Å². The predicted octanol–water partition coefficient (Wildman–Crippen LogP) is 4.99. The minimum Gasteiger partial charge on any atom is -0.465 e. The van der Waals surface area contributed by atoms with Gasteiger partial charge in [-0.25, -0.2) is 0 Å². The highest BCUT2D eigenvalue weighted by atomic mass is 79.9. The van der Waals surface area contributed by atoms with Crippen LogP contribution < -0.4 is 5.32 Å². The Morgan fingerprint density at radius 1 is 0.893 bits per heavy atom. The van der Waals surface area contributed by atoms with Crippen LogP contribution in [0.3, 0.4) is 0 Å². The van der Waals surface area contributed by atoms with Crippen LogP contribution in [0.25, 0.3) is 0 Å². The highest BCUT2D eigenvalue weighted by Crippen LogP contribution is 2.63. The van der Waals surface area contributed by atoms with Gasteiger partial charge in [0.05, 0.1) is 22.1 Å². The number of nitrogens with one attached hydrogen (secondary N) is 1. The minimum atomic E-state index is -1.35. The van der Waals surface area contributed by atoms with Crippen LogP contribution in [0.4, 0.5) is 0 Å². The monoisotopic (exact) mass is 645 g/mol. The number of esters is 2. The molecule has 1 aliphatic heterocycles. The molecule has 0 radical (unpaired) electrons. The number of halogens is 4. The minimum absolute atomic E-state index is 0.205. The summed E-state index contributed by atoms with van der Waals surface area (Å²) >= 11 is 14.7. The Kier molecular flexibility index (Phi) is 7.51. The van der Waals surface area contributed by atoms with Gasteiger partial charge < -0.3 is 9.47 Å². The maximum absolute atomic E-state index is 13.3. The summed E-state index contributed by atoms with van der Waals surface area (Å²) in [6.07, 6.45) is 0. The second-order valence-corrected chi connectivity index (χ2v) is 12.5. The molecular weight excluding hydrogens is 626 g/mol. The highest BCUT2D eigenvalue weighted by Gasteiger charge is 2.75. The second-order valence-electron chi connectivity index (χ2n) is 6.84. The zero-order chi connectivity index (χ0) is 21.4. The Morgan fingerprint density at radius 2 is 1.29 bits per heavy atom. The third kappa shape index (κ3) is 3.74. The smallest absolute Gasteiger partial charge is 0.326 e. The SMILES string of the molecule is CCOC(=O)[C@@]1(Br)C(c2ccccc2)[C@](Br)(C(=O)OCC)[C@](C)(Br)N[C@]1(C)Br. The summed E-state index contributed by atoms with van der Waals surface area (Å²) < 4.78 is 6.21. The van der Waals surface area contributed by atoms with Crippen LogP contribution in [0.5, 0.6) is 0 Å². The molecule has 1 fully saturated rings. The van der Waals surface area contributed by atoms with Gasteiger partial charge in [-0.3, -0.25) is 14.9 Å². The fraction of sp³-hybridized carbons (Fsp3) is 0.579. The van der Waals surface area contributed by atoms with Crippen molar-refractivity contribution in [2.45, 2.75) is 51.2 Å². The van der Waals surface area contributed by atoms with E-state index in [0.29, 0.717) is 0 Å². The first-order valence-corrected chi connectivity index (χ1v) is 12.0. The zero-order valence-electron chi connectivity index (χ0n) is 16.0. The van der Waals surface area contributed by atoms with Gasteiger partial charge in [-0.2, -0.15) is 0 Å². The molecule has 0 spiro atoms. The van der Waals surface area contributed by atoms with Gasteiger partial charge in [-0.05, 0) is 33.3 Å². The lowest BCUT2D eigenvalue weighted by molar-refractivity contribution is -0.154. The van der Waals surface area contributed by atoms with Crippen LogP contribution >= 0.6 is 63.7 Å². The van der Waals surface area contributed by atoms with Gasteiger partial charge in [0.15, 0.2) is 8.65 Å². The Bertz CT molecular complexity index is 701. The average Bonchev–Trinajstić information content (AvgIpc) is 2.60. The summed E-state index contributed by atoms with van der Waals surface area (Å²) in [7, 11) is 0. The molecule has 0 aliphatic carbocycles. The van der Waals surface area contributed by atoms with Crippen LogP contribution in [0.1, 0.15) is 39.2 Å². The van der Waals surface area contributed by atoms with E-state index in [-0.39, 0.29) is 13.2 Å². The molecule has 5 nitrogen and oxygen atoms in total. The third-order valence-corrected chi connectivity index (χ3v) is 10.8. The van der Waals surface area contributed by atoms with Crippen molar-refractivity contribution in [2.24, 2.45) is 0 Å². The second kappa shape index (κ2) is 8.65. The molecule has 1 aromatic rings. The number of hydrogen-bond acceptors (Lipinski definition) is 5. The van der Waals surface area contributed by atoms with E-state index in [2.05, 4.69) is 69.0 Å². The number of alkyl halides is 4. The number of ether oxygens (including phenoxy) is 2. The third-order valence-electron chi connectivity index (χ3n) is 4.91. The summed E-state index contributed by atoms with van der Waals surface area (Å²) in [4.78, 5) is 26.5. The lowest BCUT2D eigenvalue weighted by atomic mass is 9.67. The molecule has 0 aromatic heterocycles. The summed E-state index contributed by atoms with van der Waals surface area (Å²) in [5, 5.41) is 3.33. The van der Waals surface area contributed by atoms with Gasteiger partial charge in [0.1, 0.15) is 0 Å². The first-order valence-electron chi connectivity index (χ1n) is 8.84. The Balaban J connectivity index is 2.86. The van der Waals surface area contributed by atoms with Crippen molar-refractivity contribution in [3.8, 4) is 0 Å². The van der Waals surface area contributed by atoms with Gasteiger partial charge in [-0.15, -0.1) is 0 Å². The van der Waals surface area contributed by atoms with Gasteiger partial charge in [0, 0.05) is 5.92 Å². The molecule has 2 rings (SSSR count). The van der Waals surface area contributed by atoms with Crippen LogP contribution in [-0.4, -0.2) is 42.7 Å². The largest absolute Gasteiger partial charge is 0.465 e. The van der Waals surface area contributed by atoms with Crippen LogP contribution in [0.2, 0.25) is 0 Å². The van der Waals surface area contributed by atoms with Gasteiger partial charge in [0.25, 0.3) is 0 Å². The Morgan fingerprint density at radius 3 is 1.64 bits per heavy atom. The van der Waals surface area contributed by atoms with E-state index in [0.717, 1.165) is 5.56 Å². The van der Waals surface area contributed by atoms with E-state index in [9.17, 15) is 9.59 Å². The molecule has 5 atom stereocenters. The first-order chi connectivity index (χ1) is 12.9. The number of rotatable bonds is 5. The molecule has 1 aromatic carbocycles. The van der Waals surface area contributed by atoms with E-state index in [1.807, 2.05) is 44.2 Å². The molecule has 1 aliphatic rings. The van der Waals surface area contributed by atoms with Crippen molar-refractivity contribution in [3.05, 3.63) is 35.9 Å². The lowest BCUT2D eigenvalue weighted by Crippen LogP contribution is -2.79. The maximum Gasteiger partial charge on any atom is 0.326 e. The van der Waals surface area contributed by atoms with Crippen molar-refractivity contribution in [3.63, 3.8) is 0 Å². The van der Waals surface area contributed by atoms with Gasteiger partial charge in [0.2, 0.25) is 0 Å². The summed E-state index contributed by atoms with van der Waals surface area (Å²) in [5.41, 5.74) is 0.773. The van der Waals surface area contributed by atoms with Crippen LogP contribution in [-0.2, 0) is 19.1 Å². The van der Waals surface area contributed by atoms with E-state index in [1.165, 1.54) is 0 Å².